The topological polar surface area (TPSA) is 94.0 Å². The van der Waals surface area contributed by atoms with Crippen LogP contribution in [0, 0.1) is 0 Å². The van der Waals surface area contributed by atoms with Crippen molar-refractivity contribution in [2.75, 3.05) is 20.8 Å². The number of likely N-dealkylation sites (tertiary alicyclic amines) is 1. The molecule has 1 fully saturated rings. The monoisotopic (exact) mass is 354 g/mol. The Kier molecular flexibility index (Phi) is 5.21. The van der Waals surface area contributed by atoms with Gasteiger partial charge in [-0.2, -0.15) is 0 Å². The van der Waals surface area contributed by atoms with Gasteiger partial charge < -0.3 is 14.5 Å². The average Bonchev–Trinajstić information content (AvgIpc) is 3.12. The maximum atomic E-state index is 12.9. The van der Waals surface area contributed by atoms with Crippen molar-refractivity contribution in [3.63, 3.8) is 0 Å². The zero-order valence-corrected chi connectivity index (χ0v) is 14.5. The van der Waals surface area contributed by atoms with Crippen LogP contribution in [0.15, 0.2) is 48.1 Å². The summed E-state index contributed by atoms with van der Waals surface area (Å²) in [5.74, 6) is -0.740. The van der Waals surface area contributed by atoms with Crippen molar-refractivity contribution in [2.45, 2.75) is 12.5 Å². The number of methoxy groups -OCH3 is 1. The first-order valence-electron chi connectivity index (χ1n) is 7.97. The number of aromatic nitrogens is 2. The van der Waals surface area contributed by atoms with E-state index in [2.05, 4.69) is 15.1 Å². The van der Waals surface area contributed by atoms with Crippen LogP contribution in [0.4, 0.5) is 0 Å². The van der Waals surface area contributed by atoms with Gasteiger partial charge in [0.25, 0.3) is 5.91 Å². The van der Waals surface area contributed by atoms with Gasteiger partial charge in [0, 0.05) is 29.9 Å². The molecule has 0 aliphatic carbocycles. The maximum Gasteiger partial charge on any atom is 0.329 e. The predicted octanol–water partition coefficient (Wildman–Crippen LogP) is 1.53. The van der Waals surface area contributed by atoms with Crippen molar-refractivity contribution in [2.24, 2.45) is 5.16 Å². The Labute approximate surface area is 150 Å². The van der Waals surface area contributed by atoms with E-state index in [9.17, 15) is 9.59 Å². The summed E-state index contributed by atoms with van der Waals surface area (Å²) in [5.41, 5.74) is 2.84. The van der Waals surface area contributed by atoms with Crippen molar-refractivity contribution in [3.05, 3.63) is 48.5 Å². The molecule has 1 saturated heterocycles. The molecule has 8 heteroatoms. The second-order valence-electron chi connectivity index (χ2n) is 5.72. The van der Waals surface area contributed by atoms with Gasteiger partial charge in [-0.1, -0.05) is 17.3 Å². The van der Waals surface area contributed by atoms with Crippen molar-refractivity contribution < 1.29 is 19.2 Å². The molecule has 0 radical (unpaired) electrons. The van der Waals surface area contributed by atoms with Crippen LogP contribution in [0.1, 0.15) is 16.8 Å². The first kappa shape index (κ1) is 17.5. The Morgan fingerprint density at radius 2 is 1.81 bits per heavy atom. The van der Waals surface area contributed by atoms with Gasteiger partial charge in [-0.25, -0.2) is 14.8 Å². The Morgan fingerprint density at radius 3 is 2.42 bits per heavy atom. The molecule has 1 aliphatic heterocycles. The lowest BCUT2D eigenvalue weighted by atomic mass is 10.1. The molecule has 26 heavy (non-hydrogen) atoms. The summed E-state index contributed by atoms with van der Waals surface area (Å²) >= 11 is 0. The van der Waals surface area contributed by atoms with Gasteiger partial charge in [0.1, 0.15) is 19.5 Å². The number of oxime groups is 1. The zero-order valence-electron chi connectivity index (χ0n) is 14.5. The minimum absolute atomic E-state index is 0.223. The number of rotatable bonds is 4. The molecule has 8 nitrogen and oxygen atoms in total. The molecule has 1 atom stereocenters. The van der Waals surface area contributed by atoms with Gasteiger partial charge in [0.15, 0.2) is 0 Å². The number of hydrogen-bond donors (Lipinski definition) is 0. The van der Waals surface area contributed by atoms with E-state index < -0.39 is 12.0 Å². The van der Waals surface area contributed by atoms with Crippen LogP contribution in [0.5, 0.6) is 0 Å². The smallest absolute Gasteiger partial charge is 0.329 e. The predicted molar refractivity (Wildman–Crippen MR) is 93.4 cm³/mol. The summed E-state index contributed by atoms with van der Waals surface area (Å²) < 4.78 is 4.81. The second kappa shape index (κ2) is 7.73. The van der Waals surface area contributed by atoms with Crippen molar-refractivity contribution in [1.29, 1.82) is 0 Å². The van der Waals surface area contributed by atoms with Crippen LogP contribution >= 0.6 is 0 Å². The molecule has 0 bridgehead atoms. The molecule has 2 heterocycles. The first-order chi connectivity index (χ1) is 12.6. The van der Waals surface area contributed by atoms with Gasteiger partial charge in [-0.05, 0) is 17.7 Å². The standard InChI is InChI=1S/C18H18N4O4/c1-25-18(24)16-7-15(21-26-2)10-22(16)17(23)13-5-3-12(4-6-13)14-8-19-11-20-9-14/h3-6,8-9,11,16H,7,10H2,1-2H3/b21-15-/t16-/m0/s1. The normalized spacial score (nSPS) is 18.0. The van der Waals surface area contributed by atoms with E-state index in [1.54, 1.807) is 24.5 Å². The SMILES string of the molecule is CO/N=C1/C[C@@H](C(=O)OC)N(C(=O)c2ccc(-c3cncnc3)cc2)C1. The van der Waals surface area contributed by atoms with Gasteiger partial charge in [0.05, 0.1) is 19.4 Å². The van der Waals surface area contributed by atoms with Crippen LogP contribution < -0.4 is 0 Å². The molecule has 3 rings (SSSR count). The van der Waals surface area contributed by atoms with Gasteiger partial charge >= 0.3 is 5.97 Å². The summed E-state index contributed by atoms with van der Waals surface area (Å²) in [6.07, 6.45) is 5.16. The average molecular weight is 354 g/mol. The quantitative estimate of drug-likeness (QED) is 0.611. The number of carbonyl (C=O) groups excluding carboxylic acids is 2. The van der Waals surface area contributed by atoms with Gasteiger partial charge in [-0.3, -0.25) is 4.79 Å². The van der Waals surface area contributed by atoms with E-state index in [1.165, 1.54) is 25.4 Å². The molecule has 0 saturated carbocycles. The van der Waals surface area contributed by atoms with E-state index in [0.717, 1.165) is 11.1 Å². The van der Waals surface area contributed by atoms with Crippen molar-refractivity contribution in [3.8, 4) is 11.1 Å². The third-order valence-corrected chi connectivity index (χ3v) is 4.14. The lowest BCUT2D eigenvalue weighted by Crippen LogP contribution is -2.41. The molecule has 1 aromatic heterocycles. The Morgan fingerprint density at radius 1 is 1.12 bits per heavy atom. The third-order valence-electron chi connectivity index (χ3n) is 4.14. The Hall–Kier alpha value is -3.29. The van der Waals surface area contributed by atoms with E-state index in [0.29, 0.717) is 17.7 Å². The number of amides is 1. The molecular formula is C18H18N4O4. The zero-order chi connectivity index (χ0) is 18.5. The fourth-order valence-corrected chi connectivity index (χ4v) is 2.88. The number of carbonyl (C=O) groups is 2. The fourth-order valence-electron chi connectivity index (χ4n) is 2.88. The first-order valence-corrected chi connectivity index (χ1v) is 7.97. The Balaban J connectivity index is 1.83. The summed E-state index contributed by atoms with van der Waals surface area (Å²) in [7, 11) is 2.73. The third kappa shape index (κ3) is 3.53. The van der Waals surface area contributed by atoms with E-state index in [-0.39, 0.29) is 12.5 Å². The van der Waals surface area contributed by atoms with Crippen LogP contribution in [-0.4, -0.2) is 59.3 Å². The minimum Gasteiger partial charge on any atom is -0.467 e. The Bertz CT molecular complexity index is 821. The molecule has 1 amide bonds. The highest BCUT2D eigenvalue weighted by atomic mass is 16.6. The van der Waals surface area contributed by atoms with Crippen LogP contribution in [0.2, 0.25) is 0 Å². The highest BCUT2D eigenvalue weighted by Gasteiger charge is 2.39. The number of nitrogens with zero attached hydrogens (tertiary/aromatic N) is 4. The molecule has 0 unspecified atom stereocenters. The lowest BCUT2D eigenvalue weighted by Gasteiger charge is -2.22. The van der Waals surface area contributed by atoms with Crippen LogP contribution in [0.25, 0.3) is 11.1 Å². The largest absolute Gasteiger partial charge is 0.467 e. The summed E-state index contributed by atoms with van der Waals surface area (Å²) in [5, 5.41) is 3.87. The number of esters is 1. The minimum atomic E-state index is -0.705. The highest BCUT2D eigenvalue weighted by Crippen LogP contribution is 2.22. The summed E-state index contributed by atoms with van der Waals surface area (Å²) in [6, 6.07) is 6.36. The lowest BCUT2D eigenvalue weighted by molar-refractivity contribution is -0.145. The van der Waals surface area contributed by atoms with Crippen molar-refractivity contribution in [1.82, 2.24) is 14.9 Å². The number of hydrogen-bond acceptors (Lipinski definition) is 7. The van der Waals surface area contributed by atoms with Crippen molar-refractivity contribution >= 4 is 17.6 Å². The van der Waals surface area contributed by atoms with E-state index >= 15 is 0 Å². The van der Waals surface area contributed by atoms with E-state index in [4.69, 9.17) is 9.57 Å². The molecule has 1 aromatic carbocycles. The molecule has 2 aromatic rings. The summed E-state index contributed by atoms with van der Waals surface area (Å²) in [6.45, 7) is 0.223. The number of ether oxygens (including phenoxy) is 1. The fraction of sp³-hybridized carbons (Fsp3) is 0.278. The van der Waals surface area contributed by atoms with E-state index in [1.807, 2.05) is 12.1 Å². The highest BCUT2D eigenvalue weighted by molar-refractivity contribution is 6.04. The maximum absolute atomic E-state index is 12.9. The molecule has 0 N–H and O–H groups in total. The molecular weight excluding hydrogens is 336 g/mol. The molecule has 1 aliphatic rings. The van der Waals surface area contributed by atoms with Crippen LogP contribution in [-0.2, 0) is 14.4 Å². The number of benzene rings is 1. The summed E-state index contributed by atoms with van der Waals surface area (Å²) in [4.78, 5) is 39.1. The van der Waals surface area contributed by atoms with Gasteiger partial charge in [-0.15, -0.1) is 0 Å². The van der Waals surface area contributed by atoms with Gasteiger partial charge in [0.2, 0.25) is 0 Å². The second-order valence-corrected chi connectivity index (χ2v) is 5.72. The van der Waals surface area contributed by atoms with Crippen LogP contribution in [0.3, 0.4) is 0 Å². The molecule has 0 spiro atoms. The molecule has 134 valence electrons.